The van der Waals surface area contributed by atoms with Crippen molar-refractivity contribution >= 4 is 22.4 Å². The molecule has 0 saturated heterocycles. The maximum Gasteiger partial charge on any atom is 0.205 e. The summed E-state index contributed by atoms with van der Waals surface area (Å²) in [6.07, 6.45) is 2.48. The molecule has 0 bridgehead atoms. The number of hydrogen-bond donors (Lipinski definition) is 1. The topological polar surface area (TPSA) is 55.0 Å². The van der Waals surface area contributed by atoms with Crippen LogP contribution in [0, 0.1) is 0 Å². The van der Waals surface area contributed by atoms with E-state index in [9.17, 15) is 0 Å². The van der Waals surface area contributed by atoms with Crippen LogP contribution in [0.5, 0.6) is 0 Å². The van der Waals surface area contributed by atoms with E-state index in [-0.39, 0.29) is 0 Å². The number of nitrogens with zero attached hydrogens (tertiary/aromatic N) is 3. The zero-order valence-electron chi connectivity index (χ0n) is 11.9. The van der Waals surface area contributed by atoms with Gasteiger partial charge in [-0.15, -0.1) is 0 Å². The van der Waals surface area contributed by atoms with Crippen LogP contribution in [0.4, 0.5) is 10.8 Å². The molecule has 106 valence electrons. The SMILES string of the molecule is CC(C)N(Cc1ccccc1N)c1nc(C2CC2)ns1. The summed E-state index contributed by atoms with van der Waals surface area (Å²) >= 11 is 1.50. The van der Waals surface area contributed by atoms with Gasteiger partial charge in [-0.25, -0.2) is 4.98 Å². The summed E-state index contributed by atoms with van der Waals surface area (Å²) in [5.74, 6) is 1.63. The van der Waals surface area contributed by atoms with Gasteiger partial charge in [-0.1, -0.05) is 18.2 Å². The summed E-state index contributed by atoms with van der Waals surface area (Å²) in [4.78, 5) is 6.99. The molecule has 5 heteroatoms. The summed E-state index contributed by atoms with van der Waals surface area (Å²) < 4.78 is 4.50. The smallest absolute Gasteiger partial charge is 0.205 e. The van der Waals surface area contributed by atoms with Gasteiger partial charge in [0.1, 0.15) is 5.82 Å². The van der Waals surface area contributed by atoms with Crippen LogP contribution in [-0.2, 0) is 6.54 Å². The quantitative estimate of drug-likeness (QED) is 0.857. The van der Waals surface area contributed by atoms with Crippen molar-refractivity contribution in [3.8, 4) is 0 Å². The Hall–Kier alpha value is -1.62. The van der Waals surface area contributed by atoms with E-state index < -0.39 is 0 Å². The Morgan fingerprint density at radius 2 is 2.10 bits per heavy atom. The number of nitrogens with two attached hydrogens (primary N) is 1. The summed E-state index contributed by atoms with van der Waals surface area (Å²) in [6, 6.07) is 8.39. The van der Waals surface area contributed by atoms with Crippen LogP contribution in [0.1, 0.15) is 44.0 Å². The lowest BCUT2D eigenvalue weighted by atomic mass is 10.1. The van der Waals surface area contributed by atoms with Crippen LogP contribution in [0.2, 0.25) is 0 Å². The zero-order valence-corrected chi connectivity index (χ0v) is 12.7. The fourth-order valence-electron chi connectivity index (χ4n) is 2.18. The van der Waals surface area contributed by atoms with Crippen molar-refractivity contribution in [2.45, 2.75) is 45.2 Å². The second-order valence-electron chi connectivity index (χ2n) is 5.63. The number of rotatable bonds is 5. The molecule has 0 unspecified atom stereocenters. The van der Waals surface area contributed by atoms with Crippen molar-refractivity contribution < 1.29 is 0 Å². The third-order valence-electron chi connectivity index (χ3n) is 3.64. The Labute approximate surface area is 123 Å². The normalized spacial score (nSPS) is 14.8. The van der Waals surface area contributed by atoms with E-state index in [1.807, 2.05) is 18.2 Å². The summed E-state index contributed by atoms with van der Waals surface area (Å²) in [7, 11) is 0. The number of aromatic nitrogens is 2. The molecule has 0 amide bonds. The van der Waals surface area contributed by atoms with Crippen molar-refractivity contribution in [3.63, 3.8) is 0 Å². The molecular formula is C15H20N4S. The van der Waals surface area contributed by atoms with Crippen LogP contribution < -0.4 is 10.6 Å². The largest absolute Gasteiger partial charge is 0.398 e. The Bertz CT molecular complexity index is 589. The number of nitrogen functional groups attached to an aromatic ring is 1. The van der Waals surface area contributed by atoms with Gasteiger partial charge in [0.15, 0.2) is 0 Å². The fourth-order valence-corrected chi connectivity index (χ4v) is 3.06. The highest BCUT2D eigenvalue weighted by Crippen LogP contribution is 2.40. The lowest BCUT2D eigenvalue weighted by molar-refractivity contribution is 0.679. The minimum atomic E-state index is 0.370. The van der Waals surface area contributed by atoms with Crippen LogP contribution in [-0.4, -0.2) is 15.4 Å². The van der Waals surface area contributed by atoms with Crippen LogP contribution in [0.3, 0.4) is 0 Å². The molecule has 1 aromatic carbocycles. The van der Waals surface area contributed by atoms with Crippen molar-refractivity contribution in [3.05, 3.63) is 35.7 Å². The molecule has 2 aromatic rings. The molecule has 1 saturated carbocycles. The molecule has 4 nitrogen and oxygen atoms in total. The van der Waals surface area contributed by atoms with E-state index in [0.717, 1.165) is 28.8 Å². The standard InChI is InChI=1S/C15H20N4S/c1-10(2)19(9-12-5-3-4-6-13(12)16)15-17-14(18-20-15)11-7-8-11/h3-6,10-11H,7-9,16H2,1-2H3. The van der Waals surface area contributed by atoms with Gasteiger partial charge < -0.3 is 10.6 Å². The molecule has 3 rings (SSSR count). The van der Waals surface area contributed by atoms with Gasteiger partial charge >= 0.3 is 0 Å². The third-order valence-corrected chi connectivity index (χ3v) is 4.41. The molecule has 0 atom stereocenters. The maximum absolute atomic E-state index is 6.05. The van der Waals surface area contributed by atoms with Gasteiger partial charge in [0, 0.05) is 35.7 Å². The second-order valence-corrected chi connectivity index (χ2v) is 6.36. The monoisotopic (exact) mass is 288 g/mol. The molecule has 0 spiro atoms. The van der Waals surface area contributed by atoms with Crippen LogP contribution in [0.15, 0.2) is 24.3 Å². The summed E-state index contributed by atoms with van der Waals surface area (Å²) in [6.45, 7) is 5.14. The van der Waals surface area contributed by atoms with E-state index in [2.05, 4.69) is 29.2 Å². The van der Waals surface area contributed by atoms with Crippen LogP contribution in [0.25, 0.3) is 0 Å². The van der Waals surface area contributed by atoms with E-state index in [1.165, 1.54) is 24.4 Å². The highest BCUT2D eigenvalue weighted by Gasteiger charge is 2.29. The molecule has 1 aromatic heterocycles. The molecule has 1 aliphatic rings. The van der Waals surface area contributed by atoms with E-state index in [0.29, 0.717) is 12.0 Å². The molecule has 0 radical (unpaired) electrons. The predicted molar refractivity (Wildman–Crippen MR) is 84.1 cm³/mol. The van der Waals surface area contributed by atoms with Crippen molar-refractivity contribution in [2.75, 3.05) is 10.6 Å². The first-order valence-corrected chi connectivity index (χ1v) is 7.86. The Kier molecular flexibility index (Phi) is 3.61. The lowest BCUT2D eigenvalue weighted by Crippen LogP contribution is -2.30. The van der Waals surface area contributed by atoms with Gasteiger partial charge in [-0.3, -0.25) is 0 Å². The summed E-state index contributed by atoms with van der Waals surface area (Å²) in [5, 5.41) is 1.00. The van der Waals surface area contributed by atoms with Crippen LogP contribution >= 0.6 is 11.5 Å². The van der Waals surface area contributed by atoms with E-state index >= 15 is 0 Å². The number of benzene rings is 1. The van der Waals surface area contributed by atoms with Gasteiger partial charge in [-0.2, -0.15) is 4.37 Å². The van der Waals surface area contributed by atoms with Crippen molar-refractivity contribution in [1.82, 2.24) is 9.36 Å². The minimum absolute atomic E-state index is 0.370. The number of anilines is 2. The van der Waals surface area contributed by atoms with Gasteiger partial charge in [0.2, 0.25) is 5.13 Å². The van der Waals surface area contributed by atoms with Gasteiger partial charge in [0.05, 0.1) is 0 Å². The third kappa shape index (κ3) is 2.77. The molecule has 1 heterocycles. The lowest BCUT2D eigenvalue weighted by Gasteiger charge is -2.26. The van der Waals surface area contributed by atoms with E-state index in [1.54, 1.807) is 0 Å². The highest BCUT2D eigenvalue weighted by molar-refractivity contribution is 7.09. The van der Waals surface area contributed by atoms with Gasteiger partial charge in [-0.05, 0) is 38.3 Å². The molecule has 0 aliphatic heterocycles. The first-order chi connectivity index (χ1) is 9.65. The second kappa shape index (κ2) is 5.40. The average Bonchev–Trinajstić information content (AvgIpc) is 3.16. The first-order valence-electron chi connectivity index (χ1n) is 7.09. The molecular weight excluding hydrogens is 268 g/mol. The Morgan fingerprint density at radius 1 is 1.35 bits per heavy atom. The number of hydrogen-bond acceptors (Lipinski definition) is 5. The number of para-hydroxylation sites is 1. The molecule has 1 aliphatic carbocycles. The van der Waals surface area contributed by atoms with Gasteiger partial charge in [0.25, 0.3) is 0 Å². The molecule has 1 fully saturated rings. The Morgan fingerprint density at radius 3 is 2.75 bits per heavy atom. The summed E-state index contributed by atoms with van der Waals surface area (Å²) in [5.41, 5.74) is 8.03. The van der Waals surface area contributed by atoms with Crippen molar-refractivity contribution in [1.29, 1.82) is 0 Å². The van der Waals surface area contributed by atoms with Crippen molar-refractivity contribution in [2.24, 2.45) is 0 Å². The molecule has 20 heavy (non-hydrogen) atoms. The first kappa shape index (κ1) is 13.4. The fraction of sp³-hybridized carbons (Fsp3) is 0.467. The average molecular weight is 288 g/mol. The highest BCUT2D eigenvalue weighted by atomic mass is 32.1. The predicted octanol–water partition coefficient (Wildman–Crippen LogP) is 3.41. The maximum atomic E-state index is 6.05. The Balaban J connectivity index is 1.83. The molecule has 2 N–H and O–H groups in total. The zero-order chi connectivity index (χ0) is 14.1. The van der Waals surface area contributed by atoms with E-state index in [4.69, 9.17) is 10.7 Å². The minimum Gasteiger partial charge on any atom is -0.398 e.